The molecular formula is C16H20FN3O. The van der Waals surface area contributed by atoms with Gasteiger partial charge in [-0.1, -0.05) is 6.92 Å². The molecule has 0 saturated carbocycles. The predicted molar refractivity (Wildman–Crippen MR) is 81.0 cm³/mol. The number of ether oxygens (including phenoxy) is 1. The molecule has 1 N–H and O–H groups in total. The SMILES string of the molecule is CCCNc1cc(C)nc(COc2ccc(F)c(C)c2)n1. The highest BCUT2D eigenvalue weighted by Gasteiger charge is 2.05. The Hall–Kier alpha value is -2.17. The van der Waals surface area contributed by atoms with Crippen LogP contribution in [0.2, 0.25) is 0 Å². The number of benzene rings is 1. The molecule has 0 saturated heterocycles. The topological polar surface area (TPSA) is 47.0 Å². The monoisotopic (exact) mass is 289 g/mol. The summed E-state index contributed by atoms with van der Waals surface area (Å²) in [6.07, 6.45) is 1.03. The molecule has 2 rings (SSSR count). The summed E-state index contributed by atoms with van der Waals surface area (Å²) >= 11 is 0. The molecule has 1 aromatic carbocycles. The molecule has 1 aromatic heterocycles. The van der Waals surface area contributed by atoms with Crippen molar-refractivity contribution < 1.29 is 9.13 Å². The summed E-state index contributed by atoms with van der Waals surface area (Å²) in [7, 11) is 0. The largest absolute Gasteiger partial charge is 0.486 e. The van der Waals surface area contributed by atoms with Crippen molar-refractivity contribution in [2.24, 2.45) is 0 Å². The highest BCUT2D eigenvalue weighted by atomic mass is 19.1. The standard InChI is InChI=1S/C16H20FN3O/c1-4-7-18-15-9-12(3)19-16(20-15)10-21-13-5-6-14(17)11(2)8-13/h5-6,8-9H,4,7,10H2,1-3H3,(H,18,19,20). The molecule has 5 heteroatoms. The van der Waals surface area contributed by atoms with E-state index >= 15 is 0 Å². The molecule has 0 aliphatic carbocycles. The Balaban J connectivity index is 2.05. The molecule has 21 heavy (non-hydrogen) atoms. The van der Waals surface area contributed by atoms with Gasteiger partial charge in [0.2, 0.25) is 0 Å². The molecule has 0 spiro atoms. The Kier molecular flexibility index (Phi) is 5.09. The fraction of sp³-hybridized carbons (Fsp3) is 0.375. The number of hydrogen-bond donors (Lipinski definition) is 1. The quantitative estimate of drug-likeness (QED) is 0.882. The Morgan fingerprint density at radius 2 is 2.00 bits per heavy atom. The van der Waals surface area contributed by atoms with Crippen LogP contribution >= 0.6 is 0 Å². The van der Waals surface area contributed by atoms with Crippen LogP contribution in [0.3, 0.4) is 0 Å². The van der Waals surface area contributed by atoms with Gasteiger partial charge < -0.3 is 10.1 Å². The lowest BCUT2D eigenvalue weighted by Gasteiger charge is -2.09. The van der Waals surface area contributed by atoms with Crippen LogP contribution in [0.25, 0.3) is 0 Å². The molecule has 112 valence electrons. The van der Waals surface area contributed by atoms with E-state index in [0.717, 1.165) is 24.5 Å². The second kappa shape index (κ2) is 7.02. The van der Waals surface area contributed by atoms with Crippen molar-refractivity contribution in [2.45, 2.75) is 33.8 Å². The summed E-state index contributed by atoms with van der Waals surface area (Å²) in [5.74, 6) is 1.79. The molecule has 0 amide bonds. The van der Waals surface area contributed by atoms with E-state index in [2.05, 4.69) is 22.2 Å². The van der Waals surface area contributed by atoms with E-state index in [0.29, 0.717) is 17.1 Å². The van der Waals surface area contributed by atoms with E-state index in [1.54, 1.807) is 19.1 Å². The molecule has 0 aliphatic rings. The molecule has 1 heterocycles. The van der Waals surface area contributed by atoms with Gasteiger partial charge in [0.1, 0.15) is 24.0 Å². The van der Waals surface area contributed by atoms with Crippen LogP contribution in [0.5, 0.6) is 5.75 Å². The summed E-state index contributed by atoms with van der Waals surface area (Å²) in [6, 6.07) is 6.58. The van der Waals surface area contributed by atoms with Gasteiger partial charge in [0, 0.05) is 18.3 Å². The van der Waals surface area contributed by atoms with Crippen LogP contribution in [0.4, 0.5) is 10.2 Å². The van der Waals surface area contributed by atoms with Crippen molar-refractivity contribution in [1.82, 2.24) is 9.97 Å². The molecule has 0 bridgehead atoms. The van der Waals surface area contributed by atoms with Gasteiger partial charge in [-0.2, -0.15) is 0 Å². The number of aryl methyl sites for hydroxylation is 2. The van der Waals surface area contributed by atoms with E-state index in [1.165, 1.54) is 6.07 Å². The fourth-order valence-electron chi connectivity index (χ4n) is 1.89. The Labute approximate surface area is 124 Å². The second-order valence-electron chi connectivity index (χ2n) is 4.94. The minimum atomic E-state index is -0.236. The van der Waals surface area contributed by atoms with Gasteiger partial charge in [-0.25, -0.2) is 14.4 Å². The average Bonchev–Trinajstić information content (AvgIpc) is 2.46. The number of rotatable bonds is 6. The first-order chi connectivity index (χ1) is 10.1. The first kappa shape index (κ1) is 15.2. The Morgan fingerprint density at radius 1 is 1.19 bits per heavy atom. The van der Waals surface area contributed by atoms with Gasteiger partial charge in [0.15, 0.2) is 5.82 Å². The van der Waals surface area contributed by atoms with Crippen LogP contribution in [0.15, 0.2) is 24.3 Å². The maximum Gasteiger partial charge on any atom is 0.168 e. The molecule has 0 unspecified atom stereocenters. The molecule has 0 atom stereocenters. The number of halogens is 1. The van der Waals surface area contributed by atoms with Gasteiger partial charge in [-0.15, -0.1) is 0 Å². The fourth-order valence-corrected chi connectivity index (χ4v) is 1.89. The second-order valence-corrected chi connectivity index (χ2v) is 4.94. The normalized spacial score (nSPS) is 10.5. The van der Waals surface area contributed by atoms with Crippen LogP contribution in [0.1, 0.15) is 30.4 Å². The highest BCUT2D eigenvalue weighted by molar-refractivity contribution is 5.35. The third kappa shape index (κ3) is 4.41. The summed E-state index contributed by atoms with van der Waals surface area (Å²) in [5.41, 5.74) is 1.44. The molecule has 4 nitrogen and oxygen atoms in total. The average molecular weight is 289 g/mol. The number of nitrogens with zero attached hydrogens (tertiary/aromatic N) is 2. The number of aromatic nitrogens is 2. The van der Waals surface area contributed by atoms with Crippen LogP contribution in [-0.2, 0) is 6.61 Å². The lowest BCUT2D eigenvalue weighted by atomic mass is 10.2. The van der Waals surface area contributed by atoms with Crippen molar-refractivity contribution in [3.8, 4) is 5.75 Å². The minimum absolute atomic E-state index is 0.236. The van der Waals surface area contributed by atoms with E-state index < -0.39 is 0 Å². The molecule has 0 radical (unpaired) electrons. The first-order valence-corrected chi connectivity index (χ1v) is 7.06. The van der Waals surface area contributed by atoms with E-state index in [-0.39, 0.29) is 12.4 Å². The molecule has 0 fully saturated rings. The minimum Gasteiger partial charge on any atom is -0.486 e. The number of nitrogens with one attached hydrogen (secondary N) is 1. The van der Waals surface area contributed by atoms with Crippen molar-refractivity contribution in [1.29, 1.82) is 0 Å². The van der Waals surface area contributed by atoms with Gasteiger partial charge in [-0.3, -0.25) is 0 Å². The smallest absolute Gasteiger partial charge is 0.168 e. The van der Waals surface area contributed by atoms with Crippen LogP contribution in [-0.4, -0.2) is 16.5 Å². The zero-order chi connectivity index (χ0) is 15.2. The molecule has 2 aromatic rings. The zero-order valence-corrected chi connectivity index (χ0v) is 12.6. The maximum atomic E-state index is 13.2. The van der Waals surface area contributed by atoms with E-state index in [4.69, 9.17) is 4.74 Å². The van der Waals surface area contributed by atoms with Crippen LogP contribution < -0.4 is 10.1 Å². The van der Waals surface area contributed by atoms with Gasteiger partial charge >= 0.3 is 0 Å². The van der Waals surface area contributed by atoms with Crippen LogP contribution in [0, 0.1) is 19.7 Å². The van der Waals surface area contributed by atoms with E-state index in [9.17, 15) is 4.39 Å². The van der Waals surface area contributed by atoms with Crippen molar-refractivity contribution >= 4 is 5.82 Å². The van der Waals surface area contributed by atoms with Gasteiger partial charge in [-0.05, 0) is 44.0 Å². The summed E-state index contributed by atoms with van der Waals surface area (Å²) in [4.78, 5) is 8.75. The van der Waals surface area contributed by atoms with Gasteiger partial charge in [0.25, 0.3) is 0 Å². The predicted octanol–water partition coefficient (Wildman–Crippen LogP) is 3.63. The third-order valence-corrected chi connectivity index (χ3v) is 2.95. The Morgan fingerprint density at radius 3 is 2.71 bits per heavy atom. The highest BCUT2D eigenvalue weighted by Crippen LogP contribution is 2.17. The third-order valence-electron chi connectivity index (χ3n) is 2.95. The lowest BCUT2D eigenvalue weighted by molar-refractivity contribution is 0.295. The maximum absolute atomic E-state index is 13.2. The molecular weight excluding hydrogens is 269 g/mol. The van der Waals surface area contributed by atoms with Gasteiger partial charge in [0.05, 0.1) is 0 Å². The lowest BCUT2D eigenvalue weighted by Crippen LogP contribution is -2.08. The summed E-state index contributed by atoms with van der Waals surface area (Å²) < 4.78 is 18.8. The van der Waals surface area contributed by atoms with Crippen molar-refractivity contribution in [2.75, 3.05) is 11.9 Å². The van der Waals surface area contributed by atoms with Crippen molar-refractivity contribution in [3.05, 3.63) is 47.2 Å². The Bertz CT molecular complexity index is 616. The number of anilines is 1. The summed E-state index contributed by atoms with van der Waals surface area (Å²) in [5, 5.41) is 3.23. The zero-order valence-electron chi connectivity index (χ0n) is 12.6. The number of hydrogen-bond acceptors (Lipinski definition) is 4. The first-order valence-electron chi connectivity index (χ1n) is 7.06. The summed E-state index contributed by atoms with van der Waals surface area (Å²) in [6.45, 7) is 6.85. The molecule has 0 aliphatic heterocycles. The van der Waals surface area contributed by atoms with Crippen molar-refractivity contribution in [3.63, 3.8) is 0 Å². The van der Waals surface area contributed by atoms with E-state index in [1.807, 2.05) is 13.0 Å².